The van der Waals surface area contributed by atoms with Gasteiger partial charge in [0.2, 0.25) is 11.8 Å². The minimum Gasteiger partial charge on any atom is -0.376 e. The van der Waals surface area contributed by atoms with Crippen LogP contribution in [0.15, 0.2) is 18.2 Å². The van der Waals surface area contributed by atoms with Gasteiger partial charge in [0.05, 0.1) is 6.54 Å². The largest absolute Gasteiger partial charge is 0.376 e. The number of nitrogens with one attached hydrogen (secondary N) is 1. The average Bonchev–Trinajstić information content (AvgIpc) is 3.51. The Morgan fingerprint density at radius 3 is 2.32 bits per heavy atom. The molecular weight excluding hydrogens is 321 g/mol. The van der Waals surface area contributed by atoms with Gasteiger partial charge in [-0.25, -0.2) is 4.39 Å². The second kappa shape index (κ2) is 6.65. The normalized spacial score (nSPS) is 20.5. The lowest BCUT2D eigenvalue weighted by molar-refractivity contribution is -0.139. The monoisotopic (exact) mass is 345 g/mol. The van der Waals surface area contributed by atoms with Crippen LogP contribution < -0.4 is 5.32 Å². The Balaban J connectivity index is 1.25. The van der Waals surface area contributed by atoms with Gasteiger partial charge in [-0.1, -0.05) is 6.07 Å². The zero-order valence-electron chi connectivity index (χ0n) is 14.3. The minimum absolute atomic E-state index is 0.00908. The van der Waals surface area contributed by atoms with Gasteiger partial charge >= 0.3 is 0 Å². The van der Waals surface area contributed by atoms with Crippen LogP contribution in [0.5, 0.6) is 0 Å². The number of piperazine rings is 1. The van der Waals surface area contributed by atoms with E-state index in [-0.39, 0.29) is 30.1 Å². The summed E-state index contributed by atoms with van der Waals surface area (Å²) in [5.74, 6) is 0.663. The summed E-state index contributed by atoms with van der Waals surface area (Å²) in [6, 6.07) is 5.14. The number of rotatable bonds is 5. The Kier molecular flexibility index (Phi) is 4.36. The van der Waals surface area contributed by atoms with Crippen molar-refractivity contribution >= 4 is 17.5 Å². The Morgan fingerprint density at radius 2 is 1.72 bits per heavy atom. The number of hydrogen-bond donors (Lipinski definition) is 1. The van der Waals surface area contributed by atoms with E-state index in [4.69, 9.17) is 0 Å². The van der Waals surface area contributed by atoms with Crippen LogP contribution in [-0.4, -0.2) is 54.3 Å². The Labute approximate surface area is 147 Å². The number of hydrogen-bond acceptors (Lipinski definition) is 3. The summed E-state index contributed by atoms with van der Waals surface area (Å²) in [4.78, 5) is 28.0. The molecule has 134 valence electrons. The van der Waals surface area contributed by atoms with E-state index in [2.05, 4.69) is 5.32 Å². The molecule has 0 bridgehead atoms. The second-order valence-corrected chi connectivity index (χ2v) is 7.34. The van der Waals surface area contributed by atoms with Crippen molar-refractivity contribution in [1.82, 2.24) is 9.80 Å². The zero-order valence-corrected chi connectivity index (χ0v) is 14.3. The van der Waals surface area contributed by atoms with Crippen LogP contribution >= 0.6 is 0 Å². The van der Waals surface area contributed by atoms with Gasteiger partial charge in [-0.3, -0.25) is 9.59 Å². The number of carbonyl (C=O) groups is 2. The van der Waals surface area contributed by atoms with Crippen molar-refractivity contribution in [2.24, 2.45) is 5.92 Å². The molecule has 1 aromatic carbocycles. The molecule has 1 N–H and O–H groups in total. The first-order chi connectivity index (χ1) is 12.1. The summed E-state index contributed by atoms with van der Waals surface area (Å²) in [6.45, 7) is 2.54. The van der Waals surface area contributed by atoms with E-state index in [9.17, 15) is 14.0 Å². The van der Waals surface area contributed by atoms with Crippen LogP contribution in [0.4, 0.5) is 10.1 Å². The lowest BCUT2D eigenvalue weighted by Crippen LogP contribution is -2.52. The maximum absolute atomic E-state index is 14.0. The fourth-order valence-electron chi connectivity index (χ4n) is 3.42. The van der Waals surface area contributed by atoms with Crippen molar-refractivity contribution in [3.05, 3.63) is 29.6 Å². The molecular formula is C19H24FN3O2. The Hall–Kier alpha value is -2.11. The maximum Gasteiger partial charge on any atom is 0.241 e. The number of benzene rings is 1. The number of anilines is 1. The van der Waals surface area contributed by atoms with Gasteiger partial charge in [0.25, 0.3) is 0 Å². The molecule has 25 heavy (non-hydrogen) atoms. The zero-order chi connectivity index (χ0) is 17.4. The van der Waals surface area contributed by atoms with Crippen LogP contribution in [0.1, 0.15) is 37.2 Å². The van der Waals surface area contributed by atoms with Gasteiger partial charge in [0.1, 0.15) is 5.82 Å². The molecule has 1 aromatic rings. The van der Waals surface area contributed by atoms with Crippen molar-refractivity contribution in [2.75, 3.05) is 38.0 Å². The van der Waals surface area contributed by atoms with Crippen LogP contribution in [0.25, 0.3) is 0 Å². The molecule has 2 saturated carbocycles. The molecule has 3 aliphatic rings. The van der Waals surface area contributed by atoms with Gasteiger partial charge in [0, 0.05) is 37.8 Å². The van der Waals surface area contributed by atoms with Gasteiger partial charge in [-0.15, -0.1) is 0 Å². The second-order valence-electron chi connectivity index (χ2n) is 7.34. The smallest absolute Gasteiger partial charge is 0.241 e. The highest BCUT2D eigenvalue weighted by Crippen LogP contribution is 2.41. The fourth-order valence-corrected chi connectivity index (χ4v) is 3.42. The summed E-state index contributed by atoms with van der Waals surface area (Å²) >= 11 is 0. The highest BCUT2D eigenvalue weighted by Gasteiger charge is 2.35. The van der Waals surface area contributed by atoms with E-state index in [1.54, 1.807) is 4.90 Å². The molecule has 3 fully saturated rings. The quantitative estimate of drug-likeness (QED) is 0.890. The summed E-state index contributed by atoms with van der Waals surface area (Å²) in [5.41, 5.74) is 1.42. The molecule has 0 spiro atoms. The van der Waals surface area contributed by atoms with Gasteiger partial charge in [-0.2, -0.15) is 0 Å². The van der Waals surface area contributed by atoms with E-state index >= 15 is 0 Å². The fraction of sp³-hybridized carbons (Fsp3) is 0.579. The average molecular weight is 345 g/mol. The van der Waals surface area contributed by atoms with Crippen molar-refractivity contribution in [1.29, 1.82) is 0 Å². The highest BCUT2D eigenvalue weighted by molar-refractivity contribution is 5.83. The third kappa shape index (κ3) is 3.78. The summed E-state index contributed by atoms with van der Waals surface area (Å²) in [7, 11) is 0. The third-order valence-corrected chi connectivity index (χ3v) is 5.33. The first kappa shape index (κ1) is 16.4. The number of halogens is 1. The predicted octanol–water partition coefficient (Wildman–Crippen LogP) is 2.20. The number of carbonyl (C=O) groups excluding carboxylic acids is 2. The first-order valence-corrected chi connectivity index (χ1v) is 9.21. The molecule has 1 heterocycles. The summed E-state index contributed by atoms with van der Waals surface area (Å²) in [6.07, 6.45) is 4.16. The molecule has 0 atom stereocenters. The van der Waals surface area contributed by atoms with Crippen molar-refractivity contribution in [3.8, 4) is 0 Å². The van der Waals surface area contributed by atoms with Crippen LogP contribution in [-0.2, 0) is 9.59 Å². The molecule has 1 saturated heterocycles. The molecule has 2 amide bonds. The molecule has 0 unspecified atom stereocenters. The van der Waals surface area contributed by atoms with Crippen LogP contribution in [0, 0.1) is 11.7 Å². The summed E-state index contributed by atoms with van der Waals surface area (Å²) in [5, 5.41) is 3.02. The number of nitrogens with zero attached hydrogens (tertiary/aromatic N) is 2. The van der Waals surface area contributed by atoms with E-state index in [1.807, 2.05) is 17.0 Å². The molecule has 6 heteroatoms. The number of amides is 2. The minimum atomic E-state index is -0.188. The van der Waals surface area contributed by atoms with Crippen molar-refractivity contribution < 1.29 is 14.0 Å². The molecule has 1 aliphatic heterocycles. The van der Waals surface area contributed by atoms with Crippen molar-refractivity contribution in [3.63, 3.8) is 0 Å². The third-order valence-electron chi connectivity index (χ3n) is 5.33. The van der Waals surface area contributed by atoms with Crippen LogP contribution in [0.2, 0.25) is 0 Å². The molecule has 0 aromatic heterocycles. The van der Waals surface area contributed by atoms with Crippen molar-refractivity contribution in [2.45, 2.75) is 31.6 Å². The van der Waals surface area contributed by atoms with E-state index in [0.717, 1.165) is 31.2 Å². The molecule has 5 nitrogen and oxygen atoms in total. The SMILES string of the molecule is O=C(CNc1ccc(C2CC2)c(F)c1)N1CCN(C(=O)C2CC2)CC1. The Bertz CT molecular complexity index is 677. The van der Waals surface area contributed by atoms with Gasteiger partial charge in [0.15, 0.2) is 0 Å². The standard InChI is InChI=1S/C19H24FN3O2/c20-17-11-15(5-6-16(17)13-1-2-13)21-12-18(24)22-7-9-23(10-8-22)19(25)14-3-4-14/h5-6,11,13-14,21H,1-4,7-10,12H2. The topological polar surface area (TPSA) is 52.7 Å². The lowest BCUT2D eigenvalue weighted by atomic mass is 10.1. The van der Waals surface area contributed by atoms with Gasteiger partial charge in [-0.05, 0) is 49.3 Å². The van der Waals surface area contributed by atoms with E-state index in [0.29, 0.717) is 37.8 Å². The molecule has 0 radical (unpaired) electrons. The molecule has 2 aliphatic carbocycles. The molecule has 4 rings (SSSR count). The van der Waals surface area contributed by atoms with Gasteiger partial charge < -0.3 is 15.1 Å². The van der Waals surface area contributed by atoms with E-state index < -0.39 is 0 Å². The first-order valence-electron chi connectivity index (χ1n) is 9.21. The maximum atomic E-state index is 14.0. The predicted molar refractivity (Wildman–Crippen MR) is 92.7 cm³/mol. The highest BCUT2D eigenvalue weighted by atomic mass is 19.1. The Morgan fingerprint density at radius 1 is 1.04 bits per heavy atom. The van der Waals surface area contributed by atoms with E-state index in [1.165, 1.54) is 6.07 Å². The lowest BCUT2D eigenvalue weighted by Gasteiger charge is -2.35. The van der Waals surface area contributed by atoms with Crippen LogP contribution in [0.3, 0.4) is 0 Å². The summed E-state index contributed by atoms with van der Waals surface area (Å²) < 4.78 is 14.0.